The fourth-order valence-corrected chi connectivity index (χ4v) is 3.08. The lowest BCUT2D eigenvalue weighted by Crippen LogP contribution is -2.56. The number of hydrogen-bond donors (Lipinski definition) is 6. The van der Waals surface area contributed by atoms with Crippen molar-refractivity contribution in [1.82, 2.24) is 16.0 Å². The van der Waals surface area contributed by atoms with Crippen molar-refractivity contribution >= 4 is 35.5 Å². The van der Waals surface area contributed by atoms with Gasteiger partial charge in [-0.15, -0.1) is 0 Å². The predicted octanol–water partition coefficient (Wildman–Crippen LogP) is -0.588. The van der Waals surface area contributed by atoms with E-state index in [4.69, 9.17) is 16.6 Å². The van der Waals surface area contributed by atoms with E-state index in [2.05, 4.69) is 16.0 Å². The Kier molecular flexibility index (Phi) is 14.9. The van der Waals surface area contributed by atoms with Crippen LogP contribution in [0.2, 0.25) is 0 Å². The molecule has 4 atom stereocenters. The van der Waals surface area contributed by atoms with Gasteiger partial charge in [0.1, 0.15) is 18.6 Å². The molecule has 11 heteroatoms. The van der Waals surface area contributed by atoms with Gasteiger partial charge in [0.15, 0.2) is 0 Å². The first-order valence-electron chi connectivity index (χ1n) is 10.2. The molecule has 0 aromatic rings. The first-order valence-corrected chi connectivity index (χ1v) is 11.6. The second kappa shape index (κ2) is 15.9. The predicted molar refractivity (Wildman–Crippen MR) is 118 cm³/mol. The molecule has 0 saturated carbocycles. The summed E-state index contributed by atoms with van der Waals surface area (Å²) in [7, 11) is 0. The summed E-state index contributed by atoms with van der Waals surface area (Å²) in [5.74, 6) is -2.11. The van der Waals surface area contributed by atoms with Crippen LogP contribution in [0.25, 0.3) is 0 Å². The molecule has 0 aromatic heterocycles. The van der Waals surface area contributed by atoms with Crippen molar-refractivity contribution in [2.45, 2.75) is 64.1 Å². The van der Waals surface area contributed by atoms with Gasteiger partial charge in [-0.05, 0) is 50.2 Å². The molecule has 0 rings (SSSR count). The molecule has 0 aliphatic heterocycles. The average Bonchev–Trinajstić information content (AvgIpc) is 2.72. The van der Waals surface area contributed by atoms with E-state index in [-0.39, 0.29) is 5.92 Å². The summed E-state index contributed by atoms with van der Waals surface area (Å²) in [5.41, 5.74) is 11.5. The van der Waals surface area contributed by atoms with Gasteiger partial charge in [-0.1, -0.05) is 20.3 Å². The van der Waals surface area contributed by atoms with E-state index in [0.29, 0.717) is 38.0 Å². The lowest BCUT2D eigenvalue weighted by Gasteiger charge is -2.25. The monoisotopic (exact) mass is 447 g/mol. The first kappa shape index (κ1) is 28.1. The Morgan fingerprint density at radius 2 is 1.60 bits per heavy atom. The molecule has 0 aromatic carbocycles. The van der Waals surface area contributed by atoms with Gasteiger partial charge >= 0.3 is 5.97 Å². The van der Waals surface area contributed by atoms with Crippen molar-refractivity contribution in [2.24, 2.45) is 17.4 Å². The molecule has 0 bridgehead atoms. The summed E-state index contributed by atoms with van der Waals surface area (Å²) >= 11 is 1.53. The molecule has 174 valence electrons. The number of carboxylic acids is 1. The Morgan fingerprint density at radius 1 is 1.00 bits per heavy atom. The number of thioether (sulfide) groups is 1. The van der Waals surface area contributed by atoms with E-state index in [1.165, 1.54) is 11.8 Å². The summed E-state index contributed by atoms with van der Waals surface area (Å²) in [5, 5.41) is 16.4. The van der Waals surface area contributed by atoms with Gasteiger partial charge in [-0.3, -0.25) is 19.2 Å². The fraction of sp³-hybridized carbons (Fsp3) is 0.789. The standard InChI is InChI=1S/C19H37N5O5S/c1-4-12(2)16(21)19(29)24-14(8-10-30-3)18(28)23-13(7-5-6-9-20)17(27)22-11-15(25)26/h12-14,16H,4-11,20-21H2,1-3H3,(H,22,27)(H,23,28)(H,24,29)(H,25,26). The Labute approximate surface area is 182 Å². The molecule has 0 aliphatic carbocycles. The third-order valence-electron chi connectivity index (χ3n) is 4.80. The molecule has 0 saturated heterocycles. The van der Waals surface area contributed by atoms with Crippen LogP contribution in [0, 0.1) is 5.92 Å². The van der Waals surface area contributed by atoms with E-state index in [0.717, 1.165) is 6.42 Å². The van der Waals surface area contributed by atoms with Crippen molar-refractivity contribution in [2.75, 3.05) is 25.1 Å². The van der Waals surface area contributed by atoms with E-state index >= 15 is 0 Å². The maximum Gasteiger partial charge on any atom is 0.322 e. The largest absolute Gasteiger partial charge is 0.480 e. The molecular weight excluding hydrogens is 410 g/mol. The van der Waals surface area contributed by atoms with E-state index in [1.54, 1.807) is 0 Å². The number of rotatable bonds is 16. The van der Waals surface area contributed by atoms with Gasteiger partial charge < -0.3 is 32.5 Å². The Morgan fingerprint density at radius 3 is 2.13 bits per heavy atom. The zero-order chi connectivity index (χ0) is 23.1. The third kappa shape index (κ3) is 11.4. The molecule has 0 fully saturated rings. The minimum Gasteiger partial charge on any atom is -0.480 e. The second-order valence-corrected chi connectivity index (χ2v) is 8.20. The van der Waals surface area contributed by atoms with Crippen molar-refractivity contribution in [1.29, 1.82) is 0 Å². The molecule has 0 heterocycles. The van der Waals surface area contributed by atoms with Gasteiger partial charge in [-0.2, -0.15) is 11.8 Å². The van der Waals surface area contributed by atoms with E-state index in [9.17, 15) is 19.2 Å². The molecule has 3 amide bonds. The number of carboxylic acid groups (broad SMARTS) is 1. The topological polar surface area (TPSA) is 177 Å². The highest BCUT2D eigenvalue weighted by atomic mass is 32.2. The molecule has 10 nitrogen and oxygen atoms in total. The van der Waals surface area contributed by atoms with Crippen LogP contribution in [0.15, 0.2) is 0 Å². The van der Waals surface area contributed by atoms with Crippen LogP contribution in [-0.4, -0.2) is 72.0 Å². The Bertz CT molecular complexity index is 563. The van der Waals surface area contributed by atoms with E-state index in [1.807, 2.05) is 20.1 Å². The van der Waals surface area contributed by atoms with Crippen molar-refractivity contribution < 1.29 is 24.3 Å². The van der Waals surface area contributed by atoms with Gasteiger partial charge in [0, 0.05) is 0 Å². The smallest absolute Gasteiger partial charge is 0.322 e. The van der Waals surface area contributed by atoms with Crippen molar-refractivity contribution in [3.8, 4) is 0 Å². The second-order valence-electron chi connectivity index (χ2n) is 7.21. The van der Waals surface area contributed by atoms with Crippen LogP contribution in [-0.2, 0) is 19.2 Å². The van der Waals surface area contributed by atoms with Crippen LogP contribution in [0.5, 0.6) is 0 Å². The van der Waals surface area contributed by atoms with Gasteiger partial charge in [0.25, 0.3) is 0 Å². The average molecular weight is 448 g/mol. The fourth-order valence-electron chi connectivity index (χ4n) is 2.60. The number of nitrogens with one attached hydrogen (secondary N) is 3. The summed E-state index contributed by atoms with van der Waals surface area (Å²) in [6.45, 7) is 3.69. The lowest BCUT2D eigenvalue weighted by molar-refractivity contribution is -0.138. The molecule has 8 N–H and O–H groups in total. The number of carbonyl (C=O) groups is 4. The number of nitrogens with two attached hydrogens (primary N) is 2. The summed E-state index contributed by atoms with van der Waals surface area (Å²) in [4.78, 5) is 48.3. The van der Waals surface area contributed by atoms with Crippen LogP contribution < -0.4 is 27.4 Å². The Hall–Kier alpha value is -1.85. The van der Waals surface area contributed by atoms with Crippen molar-refractivity contribution in [3.05, 3.63) is 0 Å². The highest BCUT2D eigenvalue weighted by Crippen LogP contribution is 2.08. The lowest BCUT2D eigenvalue weighted by atomic mass is 9.99. The SMILES string of the molecule is CCC(C)C(N)C(=O)NC(CCSC)C(=O)NC(CCCCN)C(=O)NCC(=O)O. The molecule has 0 aliphatic rings. The molecule has 4 unspecified atom stereocenters. The van der Waals surface area contributed by atoms with Gasteiger partial charge in [0.05, 0.1) is 6.04 Å². The van der Waals surface area contributed by atoms with Crippen LogP contribution >= 0.6 is 11.8 Å². The third-order valence-corrected chi connectivity index (χ3v) is 5.44. The quantitative estimate of drug-likeness (QED) is 0.170. The molecule has 0 radical (unpaired) electrons. The maximum atomic E-state index is 12.8. The van der Waals surface area contributed by atoms with Crippen LogP contribution in [0.1, 0.15) is 46.0 Å². The molecular formula is C19H37N5O5S. The number of amides is 3. The molecule has 30 heavy (non-hydrogen) atoms. The van der Waals surface area contributed by atoms with Gasteiger partial charge in [-0.25, -0.2) is 0 Å². The van der Waals surface area contributed by atoms with Crippen molar-refractivity contribution in [3.63, 3.8) is 0 Å². The number of hydrogen-bond acceptors (Lipinski definition) is 7. The zero-order valence-electron chi connectivity index (χ0n) is 18.1. The summed E-state index contributed by atoms with van der Waals surface area (Å²) in [6.07, 6.45) is 4.54. The summed E-state index contributed by atoms with van der Waals surface area (Å²) in [6, 6.07) is -2.50. The maximum absolute atomic E-state index is 12.8. The number of carbonyl (C=O) groups excluding carboxylic acids is 3. The minimum atomic E-state index is -1.18. The highest BCUT2D eigenvalue weighted by Gasteiger charge is 2.29. The summed E-state index contributed by atoms with van der Waals surface area (Å²) < 4.78 is 0. The van der Waals surface area contributed by atoms with Crippen LogP contribution in [0.3, 0.4) is 0 Å². The number of unbranched alkanes of at least 4 members (excludes halogenated alkanes) is 1. The highest BCUT2D eigenvalue weighted by molar-refractivity contribution is 7.98. The van der Waals surface area contributed by atoms with E-state index < -0.39 is 48.4 Å². The molecule has 0 spiro atoms. The zero-order valence-corrected chi connectivity index (χ0v) is 18.9. The number of aliphatic carboxylic acids is 1. The minimum absolute atomic E-state index is 0.0416. The Balaban J connectivity index is 5.21. The normalized spacial score (nSPS) is 14.8. The first-order chi connectivity index (χ1) is 14.2. The van der Waals surface area contributed by atoms with Gasteiger partial charge in [0.2, 0.25) is 17.7 Å². The van der Waals surface area contributed by atoms with Crippen LogP contribution in [0.4, 0.5) is 0 Å².